The van der Waals surface area contributed by atoms with Gasteiger partial charge in [0.1, 0.15) is 0 Å². The number of unbranched alkanes of at least 4 members (excludes halogenated alkanes) is 2. The summed E-state index contributed by atoms with van der Waals surface area (Å²) >= 11 is 8.90. The largest absolute Gasteiger partial charge is 0.142 e. The fourth-order valence-electron chi connectivity index (χ4n) is 1.86. The van der Waals surface area contributed by atoms with Crippen molar-refractivity contribution in [3.63, 3.8) is 0 Å². The highest BCUT2D eigenvalue weighted by Gasteiger charge is 2.05. The van der Waals surface area contributed by atoms with Crippen LogP contribution in [0.25, 0.3) is 0 Å². The van der Waals surface area contributed by atoms with E-state index in [1.165, 1.54) is 49.7 Å². The molecule has 0 aliphatic heterocycles. The second-order valence-corrected chi connectivity index (χ2v) is 5.28. The van der Waals surface area contributed by atoms with Gasteiger partial charge in [0.25, 0.3) is 0 Å². The first-order valence-electron chi connectivity index (χ1n) is 6.22. The Morgan fingerprint density at radius 1 is 0.812 bits per heavy atom. The molecule has 1 aromatic rings. The third-order valence-corrected chi connectivity index (χ3v) is 3.81. The van der Waals surface area contributed by atoms with Crippen LogP contribution in [0, 0.1) is 0 Å². The predicted molar refractivity (Wildman–Crippen MR) is 78.2 cm³/mol. The lowest BCUT2D eigenvalue weighted by Gasteiger charge is -2.11. The van der Waals surface area contributed by atoms with Gasteiger partial charge in [-0.2, -0.15) is 0 Å². The van der Waals surface area contributed by atoms with Crippen LogP contribution in [0.5, 0.6) is 0 Å². The number of hydrogen-bond donors (Lipinski definition) is 2. The highest BCUT2D eigenvalue weighted by molar-refractivity contribution is 7.83. The van der Waals surface area contributed by atoms with E-state index in [1.54, 1.807) is 0 Å². The molecule has 0 spiro atoms. The van der Waals surface area contributed by atoms with Gasteiger partial charge in [-0.05, 0) is 48.9 Å². The van der Waals surface area contributed by atoms with E-state index < -0.39 is 0 Å². The standard InChI is InChI=1S/C14H22S2/c1-3-5-7-11-9-13(15)14(16)10-12(11)8-6-4-2/h9-10,15-16H,3-8H2,1-2H3. The Hall–Kier alpha value is -0.0800. The fourth-order valence-corrected chi connectivity index (χ4v) is 2.30. The normalized spacial score (nSPS) is 10.8. The van der Waals surface area contributed by atoms with Gasteiger partial charge < -0.3 is 0 Å². The molecule has 2 heteroatoms. The number of thiol groups is 2. The van der Waals surface area contributed by atoms with Crippen LogP contribution in [0.4, 0.5) is 0 Å². The number of hydrogen-bond acceptors (Lipinski definition) is 2. The van der Waals surface area contributed by atoms with Gasteiger partial charge in [0.05, 0.1) is 0 Å². The first-order valence-corrected chi connectivity index (χ1v) is 7.12. The molecule has 0 bridgehead atoms. The number of benzene rings is 1. The molecule has 1 rings (SSSR count). The van der Waals surface area contributed by atoms with Crippen molar-refractivity contribution < 1.29 is 0 Å². The molecule has 0 aliphatic carbocycles. The highest BCUT2D eigenvalue weighted by Crippen LogP contribution is 2.25. The van der Waals surface area contributed by atoms with Crippen molar-refractivity contribution in [2.24, 2.45) is 0 Å². The third kappa shape index (κ3) is 4.06. The summed E-state index contributed by atoms with van der Waals surface area (Å²) in [7, 11) is 0. The average molecular weight is 254 g/mol. The monoisotopic (exact) mass is 254 g/mol. The molecular weight excluding hydrogens is 232 g/mol. The SMILES string of the molecule is CCCCc1cc(S)c(S)cc1CCCC. The summed E-state index contributed by atoms with van der Waals surface area (Å²) in [5.74, 6) is 0. The average Bonchev–Trinajstić information content (AvgIpc) is 2.28. The topological polar surface area (TPSA) is 0 Å². The Morgan fingerprint density at radius 3 is 1.50 bits per heavy atom. The molecule has 0 saturated carbocycles. The third-order valence-electron chi connectivity index (χ3n) is 2.90. The molecular formula is C14H22S2. The van der Waals surface area contributed by atoms with Gasteiger partial charge in [0.2, 0.25) is 0 Å². The van der Waals surface area contributed by atoms with Gasteiger partial charge in [0.15, 0.2) is 0 Å². The Morgan fingerprint density at radius 2 is 1.19 bits per heavy atom. The summed E-state index contributed by atoms with van der Waals surface area (Å²) in [4.78, 5) is 2.02. The van der Waals surface area contributed by atoms with E-state index in [9.17, 15) is 0 Å². The van der Waals surface area contributed by atoms with E-state index >= 15 is 0 Å². The molecule has 1 aromatic carbocycles. The molecule has 0 aliphatic rings. The first kappa shape index (κ1) is 14.0. The Balaban J connectivity index is 2.87. The molecule has 0 fully saturated rings. The van der Waals surface area contributed by atoms with E-state index in [4.69, 9.17) is 0 Å². The molecule has 0 nitrogen and oxygen atoms in total. The van der Waals surface area contributed by atoms with Crippen molar-refractivity contribution in [3.05, 3.63) is 23.3 Å². The number of aryl methyl sites for hydroxylation is 2. The zero-order chi connectivity index (χ0) is 12.0. The van der Waals surface area contributed by atoms with Crippen molar-refractivity contribution in [2.45, 2.75) is 62.2 Å². The molecule has 0 saturated heterocycles. The second-order valence-electron chi connectivity index (χ2n) is 4.32. The minimum absolute atomic E-state index is 1.01. The van der Waals surface area contributed by atoms with Crippen molar-refractivity contribution in [1.82, 2.24) is 0 Å². The summed E-state index contributed by atoms with van der Waals surface area (Å²) in [6.07, 6.45) is 7.38. The lowest BCUT2D eigenvalue weighted by atomic mass is 9.98. The van der Waals surface area contributed by atoms with Crippen LogP contribution < -0.4 is 0 Å². The molecule has 16 heavy (non-hydrogen) atoms. The molecule has 0 N–H and O–H groups in total. The van der Waals surface area contributed by atoms with Gasteiger partial charge >= 0.3 is 0 Å². The summed E-state index contributed by atoms with van der Waals surface area (Å²) in [6.45, 7) is 4.47. The Bertz CT molecular complexity index is 299. The summed E-state index contributed by atoms with van der Waals surface area (Å²) < 4.78 is 0. The summed E-state index contributed by atoms with van der Waals surface area (Å²) in [5.41, 5.74) is 2.94. The van der Waals surface area contributed by atoms with E-state index in [1.807, 2.05) is 0 Å². The maximum absolute atomic E-state index is 4.45. The molecule has 0 aromatic heterocycles. The van der Waals surface area contributed by atoms with Gasteiger partial charge in [-0.1, -0.05) is 26.7 Å². The molecule has 0 amide bonds. The van der Waals surface area contributed by atoms with Crippen LogP contribution in [0.2, 0.25) is 0 Å². The highest BCUT2D eigenvalue weighted by atomic mass is 32.1. The molecule has 0 atom stereocenters. The van der Waals surface area contributed by atoms with Gasteiger partial charge in [0, 0.05) is 9.79 Å². The summed E-state index contributed by atoms with van der Waals surface area (Å²) in [6, 6.07) is 4.40. The molecule has 0 radical (unpaired) electrons. The zero-order valence-electron chi connectivity index (χ0n) is 10.3. The smallest absolute Gasteiger partial charge is 0.0177 e. The van der Waals surface area contributed by atoms with Crippen LogP contribution in [0.15, 0.2) is 21.9 Å². The van der Waals surface area contributed by atoms with Gasteiger partial charge in [-0.15, -0.1) is 25.3 Å². The molecule has 0 unspecified atom stereocenters. The lowest BCUT2D eigenvalue weighted by molar-refractivity contribution is 0.753. The maximum Gasteiger partial charge on any atom is 0.0177 e. The van der Waals surface area contributed by atoms with E-state index in [-0.39, 0.29) is 0 Å². The number of rotatable bonds is 6. The summed E-state index contributed by atoms with van der Waals surface area (Å²) in [5, 5.41) is 0. The van der Waals surface area contributed by atoms with E-state index in [2.05, 4.69) is 51.2 Å². The van der Waals surface area contributed by atoms with Crippen LogP contribution in [-0.2, 0) is 12.8 Å². The van der Waals surface area contributed by atoms with E-state index in [0.717, 1.165) is 9.79 Å². The minimum Gasteiger partial charge on any atom is -0.142 e. The van der Waals surface area contributed by atoms with Crippen LogP contribution in [-0.4, -0.2) is 0 Å². The molecule has 90 valence electrons. The van der Waals surface area contributed by atoms with Gasteiger partial charge in [-0.3, -0.25) is 0 Å². The van der Waals surface area contributed by atoms with Crippen LogP contribution in [0.1, 0.15) is 50.7 Å². The van der Waals surface area contributed by atoms with Crippen molar-refractivity contribution in [2.75, 3.05) is 0 Å². The van der Waals surface area contributed by atoms with Crippen LogP contribution in [0.3, 0.4) is 0 Å². The van der Waals surface area contributed by atoms with Crippen molar-refractivity contribution in [1.29, 1.82) is 0 Å². The first-order chi connectivity index (χ1) is 7.69. The van der Waals surface area contributed by atoms with Crippen LogP contribution >= 0.6 is 25.3 Å². The second kappa shape index (κ2) is 7.29. The fraction of sp³-hybridized carbons (Fsp3) is 0.571. The Kier molecular flexibility index (Phi) is 6.37. The van der Waals surface area contributed by atoms with Gasteiger partial charge in [-0.25, -0.2) is 0 Å². The Labute approximate surface area is 111 Å². The lowest BCUT2D eigenvalue weighted by Crippen LogP contribution is -1.96. The predicted octanol–water partition coefficient (Wildman–Crippen LogP) is 4.95. The zero-order valence-corrected chi connectivity index (χ0v) is 12.1. The maximum atomic E-state index is 4.45. The molecule has 0 heterocycles. The quantitative estimate of drug-likeness (QED) is 0.659. The minimum atomic E-state index is 1.01. The van der Waals surface area contributed by atoms with E-state index in [0.29, 0.717) is 0 Å². The van der Waals surface area contributed by atoms with Crippen molar-refractivity contribution >= 4 is 25.3 Å². The van der Waals surface area contributed by atoms with Crippen molar-refractivity contribution in [3.8, 4) is 0 Å².